The number of aromatic nitrogens is 5. The maximum absolute atomic E-state index is 13.5. The molecule has 0 saturated carbocycles. The first-order chi connectivity index (χ1) is 11.4. The summed E-state index contributed by atoms with van der Waals surface area (Å²) < 4.78 is 28.5. The van der Waals surface area contributed by atoms with Crippen molar-refractivity contribution in [2.75, 3.05) is 5.73 Å². The molecule has 6 nitrogen and oxygen atoms in total. The summed E-state index contributed by atoms with van der Waals surface area (Å²) >= 11 is 0. The van der Waals surface area contributed by atoms with Gasteiger partial charge in [0.1, 0.15) is 6.04 Å². The molecule has 2 N–H and O–H groups in total. The third-order valence-corrected chi connectivity index (χ3v) is 3.99. The summed E-state index contributed by atoms with van der Waals surface area (Å²) in [6, 6.07) is 7.33. The molecule has 2 aromatic heterocycles. The van der Waals surface area contributed by atoms with Crippen molar-refractivity contribution in [3.63, 3.8) is 0 Å². The van der Waals surface area contributed by atoms with Gasteiger partial charge in [0.25, 0.3) is 5.92 Å². The van der Waals surface area contributed by atoms with Gasteiger partial charge in [0.2, 0.25) is 0 Å². The molecule has 3 aromatic rings. The molecule has 1 aliphatic carbocycles. The van der Waals surface area contributed by atoms with Crippen molar-refractivity contribution < 1.29 is 8.78 Å². The Balaban J connectivity index is 1.83. The zero-order chi connectivity index (χ0) is 16.9. The third kappa shape index (κ3) is 2.27. The second kappa shape index (κ2) is 4.98. The fourth-order valence-electron chi connectivity index (χ4n) is 2.83. The van der Waals surface area contributed by atoms with Crippen molar-refractivity contribution in [1.82, 2.24) is 24.8 Å². The zero-order valence-electron chi connectivity index (χ0n) is 12.8. The van der Waals surface area contributed by atoms with Crippen LogP contribution in [0.5, 0.6) is 0 Å². The van der Waals surface area contributed by atoms with Gasteiger partial charge in [-0.2, -0.15) is 15.0 Å². The van der Waals surface area contributed by atoms with Crippen LogP contribution in [0.4, 0.5) is 14.6 Å². The quantitative estimate of drug-likeness (QED) is 0.802. The van der Waals surface area contributed by atoms with Crippen molar-refractivity contribution in [2.24, 2.45) is 0 Å². The molecule has 4 rings (SSSR count). The minimum atomic E-state index is -2.95. The Hall–Kier alpha value is -3.03. The summed E-state index contributed by atoms with van der Waals surface area (Å²) in [7, 11) is 0. The zero-order valence-corrected chi connectivity index (χ0v) is 12.8. The molecule has 122 valence electrons. The number of alkyl halides is 2. The standard InChI is InChI=1S/C16H14F2N6/c1-16(17,18)11-7-20-23(9-11)13-6-10-4-2-3-5-12(10)15(13)24-21-8-14(19)22-24/h2-9,15H,1H3,(H2,19,22). The fourth-order valence-corrected chi connectivity index (χ4v) is 2.83. The van der Waals surface area contributed by atoms with Crippen LogP contribution in [0, 0.1) is 0 Å². The highest BCUT2D eigenvalue weighted by Gasteiger charge is 2.32. The highest BCUT2D eigenvalue weighted by atomic mass is 19.3. The first kappa shape index (κ1) is 14.6. The topological polar surface area (TPSA) is 74.5 Å². The number of rotatable bonds is 3. The van der Waals surface area contributed by atoms with E-state index in [1.807, 2.05) is 30.3 Å². The minimum absolute atomic E-state index is 0.147. The number of fused-ring (bicyclic) bond motifs is 1. The number of hydrogen-bond donors (Lipinski definition) is 1. The molecule has 0 spiro atoms. The van der Waals surface area contributed by atoms with E-state index < -0.39 is 5.92 Å². The molecule has 1 unspecified atom stereocenters. The van der Waals surface area contributed by atoms with Crippen molar-refractivity contribution >= 4 is 17.6 Å². The normalized spacial score (nSPS) is 17.0. The average Bonchev–Trinajstić information content (AvgIpc) is 3.22. The van der Waals surface area contributed by atoms with E-state index >= 15 is 0 Å². The fraction of sp³-hybridized carbons (Fsp3) is 0.188. The number of nitrogens with two attached hydrogens (primary N) is 1. The Kier molecular flexibility index (Phi) is 3.02. The largest absolute Gasteiger partial charge is 0.381 e. The Morgan fingerprint density at radius 1 is 1.17 bits per heavy atom. The lowest BCUT2D eigenvalue weighted by Crippen LogP contribution is -2.17. The van der Waals surface area contributed by atoms with E-state index in [0.29, 0.717) is 11.5 Å². The molecule has 1 aliphatic rings. The van der Waals surface area contributed by atoms with Crippen LogP contribution in [0.2, 0.25) is 0 Å². The number of allylic oxidation sites excluding steroid dienone is 1. The van der Waals surface area contributed by atoms with Crippen LogP contribution in [0.15, 0.2) is 42.9 Å². The van der Waals surface area contributed by atoms with Gasteiger partial charge < -0.3 is 5.73 Å². The van der Waals surface area contributed by atoms with Crippen LogP contribution in [-0.2, 0) is 5.92 Å². The smallest absolute Gasteiger partial charge is 0.273 e. The van der Waals surface area contributed by atoms with Gasteiger partial charge in [0, 0.05) is 13.1 Å². The summed E-state index contributed by atoms with van der Waals surface area (Å²) in [6.45, 7) is 0.847. The number of nitrogen functional groups attached to an aromatic ring is 1. The molecule has 0 bridgehead atoms. The average molecular weight is 328 g/mol. The van der Waals surface area contributed by atoms with Gasteiger partial charge in [-0.1, -0.05) is 24.3 Å². The first-order valence-corrected chi connectivity index (χ1v) is 7.34. The molecule has 24 heavy (non-hydrogen) atoms. The second-order valence-electron chi connectivity index (χ2n) is 5.75. The molecule has 0 amide bonds. The molecular weight excluding hydrogens is 314 g/mol. The van der Waals surface area contributed by atoms with Gasteiger partial charge in [-0.25, -0.2) is 13.5 Å². The van der Waals surface area contributed by atoms with Crippen molar-refractivity contribution in [3.05, 3.63) is 59.5 Å². The Morgan fingerprint density at radius 2 is 1.96 bits per heavy atom. The molecular formula is C16H14F2N6. The number of benzene rings is 1. The molecule has 1 aromatic carbocycles. The highest BCUT2D eigenvalue weighted by molar-refractivity contribution is 5.82. The lowest BCUT2D eigenvalue weighted by molar-refractivity contribution is 0.0174. The maximum Gasteiger partial charge on any atom is 0.273 e. The summed E-state index contributed by atoms with van der Waals surface area (Å²) in [6.07, 6.45) is 5.85. The Morgan fingerprint density at radius 3 is 2.62 bits per heavy atom. The van der Waals surface area contributed by atoms with Gasteiger partial charge in [-0.15, -0.1) is 5.10 Å². The lowest BCUT2D eigenvalue weighted by Gasteiger charge is -2.16. The molecule has 8 heteroatoms. The number of halogens is 2. The molecule has 1 atom stereocenters. The maximum atomic E-state index is 13.5. The lowest BCUT2D eigenvalue weighted by atomic mass is 10.1. The van der Waals surface area contributed by atoms with Crippen molar-refractivity contribution in [2.45, 2.75) is 18.9 Å². The van der Waals surface area contributed by atoms with Crippen LogP contribution >= 0.6 is 0 Å². The molecule has 0 saturated heterocycles. The molecule has 2 heterocycles. The SMILES string of the molecule is CC(F)(F)c1cnn(C2=Cc3ccccc3C2n2ncc(N)n2)c1. The van der Waals surface area contributed by atoms with Crippen LogP contribution in [0.1, 0.15) is 29.7 Å². The Bertz CT molecular complexity index is 934. The highest BCUT2D eigenvalue weighted by Crippen LogP contribution is 2.39. The number of nitrogens with zero attached hydrogens (tertiary/aromatic N) is 5. The molecule has 0 radical (unpaired) electrons. The summed E-state index contributed by atoms with van der Waals surface area (Å²) in [5.41, 5.74) is 8.14. The van der Waals surface area contributed by atoms with Crippen LogP contribution < -0.4 is 5.73 Å². The van der Waals surface area contributed by atoms with E-state index in [0.717, 1.165) is 18.1 Å². The van der Waals surface area contributed by atoms with Gasteiger partial charge in [0.15, 0.2) is 5.82 Å². The first-order valence-electron chi connectivity index (χ1n) is 7.34. The number of hydrogen-bond acceptors (Lipinski definition) is 4. The van der Waals surface area contributed by atoms with E-state index in [-0.39, 0.29) is 11.6 Å². The van der Waals surface area contributed by atoms with Gasteiger partial charge >= 0.3 is 0 Å². The number of anilines is 1. The van der Waals surface area contributed by atoms with Crippen LogP contribution in [-0.4, -0.2) is 24.8 Å². The van der Waals surface area contributed by atoms with Gasteiger partial charge in [-0.05, 0) is 17.2 Å². The second-order valence-corrected chi connectivity index (χ2v) is 5.75. The summed E-state index contributed by atoms with van der Waals surface area (Å²) in [4.78, 5) is 1.47. The third-order valence-electron chi connectivity index (χ3n) is 3.99. The summed E-state index contributed by atoms with van der Waals surface area (Å²) in [5, 5.41) is 12.5. The van der Waals surface area contributed by atoms with Gasteiger partial charge in [-0.3, -0.25) is 0 Å². The van der Waals surface area contributed by atoms with Crippen LogP contribution in [0.3, 0.4) is 0 Å². The summed E-state index contributed by atoms with van der Waals surface area (Å²) in [5.74, 6) is -2.66. The van der Waals surface area contributed by atoms with Crippen LogP contribution in [0.25, 0.3) is 11.8 Å². The monoisotopic (exact) mass is 328 g/mol. The molecule has 0 aliphatic heterocycles. The van der Waals surface area contributed by atoms with Gasteiger partial charge in [0.05, 0.1) is 23.7 Å². The van der Waals surface area contributed by atoms with Crippen molar-refractivity contribution in [1.29, 1.82) is 0 Å². The predicted octanol–water partition coefficient (Wildman–Crippen LogP) is 2.77. The Labute approximate surface area is 136 Å². The van der Waals surface area contributed by atoms with E-state index in [4.69, 9.17) is 5.73 Å². The minimum Gasteiger partial charge on any atom is -0.381 e. The predicted molar refractivity (Wildman–Crippen MR) is 85.0 cm³/mol. The van der Waals surface area contributed by atoms with E-state index in [1.165, 1.54) is 28.1 Å². The van der Waals surface area contributed by atoms with Crippen molar-refractivity contribution in [3.8, 4) is 0 Å². The molecule has 0 fully saturated rings. The van der Waals surface area contributed by atoms with E-state index in [1.54, 1.807) is 0 Å². The van der Waals surface area contributed by atoms with E-state index in [2.05, 4.69) is 15.3 Å². The van der Waals surface area contributed by atoms with E-state index in [9.17, 15) is 8.78 Å².